The predicted octanol–water partition coefficient (Wildman–Crippen LogP) is 2.73. The normalized spacial score (nSPS) is 42.9. The number of piperazine rings is 1. The molecule has 3 aliphatic rings. The number of rotatable bonds is 1. The van der Waals surface area contributed by atoms with Crippen LogP contribution in [0.1, 0.15) is 52.9 Å². The second-order valence-electron chi connectivity index (χ2n) is 7.23. The molecular formula is C15H28N2. The zero-order chi connectivity index (χ0) is 12.0. The monoisotopic (exact) mass is 236 g/mol. The van der Waals surface area contributed by atoms with Gasteiger partial charge >= 0.3 is 0 Å². The molecule has 17 heavy (non-hydrogen) atoms. The van der Waals surface area contributed by atoms with E-state index >= 15 is 0 Å². The molecule has 3 rings (SSSR count). The third-order valence-corrected chi connectivity index (χ3v) is 5.59. The molecule has 3 fully saturated rings. The summed E-state index contributed by atoms with van der Waals surface area (Å²) in [4.78, 5) is 5.60. The Morgan fingerprint density at radius 2 is 1.88 bits per heavy atom. The number of hydrogen-bond donors (Lipinski definition) is 0. The number of nitrogens with zero attached hydrogens (tertiary/aromatic N) is 2. The van der Waals surface area contributed by atoms with Gasteiger partial charge in [-0.2, -0.15) is 0 Å². The van der Waals surface area contributed by atoms with E-state index in [9.17, 15) is 0 Å². The van der Waals surface area contributed by atoms with Crippen LogP contribution in [0, 0.1) is 5.41 Å². The Morgan fingerprint density at radius 3 is 2.59 bits per heavy atom. The van der Waals surface area contributed by atoms with Crippen LogP contribution in [-0.2, 0) is 0 Å². The fourth-order valence-electron chi connectivity index (χ4n) is 4.57. The summed E-state index contributed by atoms with van der Waals surface area (Å²) in [6.45, 7) is 11.4. The maximum atomic E-state index is 2.86. The fraction of sp³-hybridized carbons (Fsp3) is 1.00. The molecule has 0 amide bonds. The van der Waals surface area contributed by atoms with Crippen LogP contribution in [0.5, 0.6) is 0 Å². The topological polar surface area (TPSA) is 6.48 Å². The Labute approximate surface area is 106 Å². The highest BCUT2D eigenvalue weighted by Crippen LogP contribution is 2.42. The molecule has 2 heteroatoms. The highest BCUT2D eigenvalue weighted by atomic mass is 15.3. The maximum absolute atomic E-state index is 2.86. The Bertz CT molecular complexity index is 287. The molecule has 2 nitrogen and oxygen atoms in total. The van der Waals surface area contributed by atoms with E-state index in [4.69, 9.17) is 0 Å². The lowest BCUT2D eigenvalue weighted by Gasteiger charge is -2.48. The molecule has 2 aliphatic heterocycles. The second-order valence-corrected chi connectivity index (χ2v) is 7.23. The minimum atomic E-state index is 0.551. The van der Waals surface area contributed by atoms with Crippen LogP contribution >= 0.6 is 0 Å². The first-order chi connectivity index (χ1) is 8.08. The predicted molar refractivity (Wildman–Crippen MR) is 72.2 cm³/mol. The SMILES string of the molecule is CC1CN2CCCC2CN1C1CCCC1(C)C. The molecule has 0 bridgehead atoms. The van der Waals surface area contributed by atoms with Gasteiger partial charge in [-0.25, -0.2) is 0 Å². The van der Waals surface area contributed by atoms with Crippen LogP contribution < -0.4 is 0 Å². The van der Waals surface area contributed by atoms with Crippen LogP contribution in [0.25, 0.3) is 0 Å². The first-order valence-electron chi connectivity index (χ1n) is 7.58. The van der Waals surface area contributed by atoms with Crippen molar-refractivity contribution in [2.75, 3.05) is 19.6 Å². The molecule has 0 aromatic heterocycles. The summed E-state index contributed by atoms with van der Waals surface area (Å²) in [5.74, 6) is 0. The highest BCUT2D eigenvalue weighted by Gasteiger charge is 2.44. The van der Waals surface area contributed by atoms with Gasteiger partial charge in [-0.3, -0.25) is 9.80 Å². The summed E-state index contributed by atoms with van der Waals surface area (Å²) in [5, 5.41) is 0. The molecule has 3 atom stereocenters. The van der Waals surface area contributed by atoms with E-state index in [0.717, 1.165) is 18.1 Å². The minimum absolute atomic E-state index is 0.551. The van der Waals surface area contributed by atoms with Crippen molar-refractivity contribution in [3.8, 4) is 0 Å². The van der Waals surface area contributed by atoms with Gasteiger partial charge in [0.2, 0.25) is 0 Å². The zero-order valence-electron chi connectivity index (χ0n) is 11.8. The molecular weight excluding hydrogens is 208 g/mol. The van der Waals surface area contributed by atoms with Gasteiger partial charge < -0.3 is 0 Å². The summed E-state index contributed by atoms with van der Waals surface area (Å²) in [6.07, 6.45) is 7.17. The zero-order valence-corrected chi connectivity index (χ0v) is 11.8. The second kappa shape index (κ2) is 4.24. The van der Waals surface area contributed by atoms with Crippen molar-refractivity contribution in [2.24, 2.45) is 5.41 Å². The van der Waals surface area contributed by atoms with E-state index in [1.54, 1.807) is 0 Å². The summed E-state index contributed by atoms with van der Waals surface area (Å²) in [6, 6.07) is 2.49. The molecule has 0 radical (unpaired) electrons. The summed E-state index contributed by atoms with van der Waals surface area (Å²) >= 11 is 0. The van der Waals surface area contributed by atoms with Crippen molar-refractivity contribution in [1.82, 2.24) is 9.80 Å². The quantitative estimate of drug-likeness (QED) is 0.691. The molecule has 2 heterocycles. The number of fused-ring (bicyclic) bond motifs is 1. The van der Waals surface area contributed by atoms with Crippen molar-refractivity contribution >= 4 is 0 Å². The molecule has 1 aliphatic carbocycles. The largest absolute Gasteiger partial charge is 0.298 e. The Hall–Kier alpha value is -0.0800. The summed E-state index contributed by atoms with van der Waals surface area (Å²) < 4.78 is 0. The highest BCUT2D eigenvalue weighted by molar-refractivity contribution is 4.99. The van der Waals surface area contributed by atoms with E-state index in [1.165, 1.54) is 51.7 Å². The summed E-state index contributed by atoms with van der Waals surface area (Å²) in [5.41, 5.74) is 0.551. The van der Waals surface area contributed by atoms with Gasteiger partial charge in [0, 0.05) is 31.2 Å². The van der Waals surface area contributed by atoms with Gasteiger partial charge in [-0.15, -0.1) is 0 Å². The lowest BCUT2D eigenvalue weighted by molar-refractivity contribution is -0.00197. The Morgan fingerprint density at radius 1 is 1.06 bits per heavy atom. The van der Waals surface area contributed by atoms with Gasteiger partial charge in [0.05, 0.1) is 0 Å². The summed E-state index contributed by atoms with van der Waals surface area (Å²) in [7, 11) is 0. The fourth-order valence-corrected chi connectivity index (χ4v) is 4.57. The van der Waals surface area contributed by atoms with E-state index in [2.05, 4.69) is 30.6 Å². The van der Waals surface area contributed by atoms with Gasteiger partial charge in [-0.1, -0.05) is 20.3 Å². The Balaban J connectivity index is 1.74. The molecule has 0 aromatic carbocycles. The van der Waals surface area contributed by atoms with Crippen LogP contribution in [0.3, 0.4) is 0 Å². The average molecular weight is 236 g/mol. The van der Waals surface area contributed by atoms with E-state index < -0.39 is 0 Å². The average Bonchev–Trinajstić information content (AvgIpc) is 2.82. The first kappa shape index (κ1) is 12.0. The lowest BCUT2D eigenvalue weighted by atomic mass is 9.85. The van der Waals surface area contributed by atoms with E-state index in [-0.39, 0.29) is 0 Å². The molecule has 0 N–H and O–H groups in total. The van der Waals surface area contributed by atoms with Crippen LogP contribution in [0.15, 0.2) is 0 Å². The smallest absolute Gasteiger partial charge is 0.0224 e. The van der Waals surface area contributed by atoms with Crippen LogP contribution in [0.4, 0.5) is 0 Å². The first-order valence-corrected chi connectivity index (χ1v) is 7.58. The van der Waals surface area contributed by atoms with Gasteiger partial charge in [0.1, 0.15) is 0 Å². The third-order valence-electron chi connectivity index (χ3n) is 5.59. The number of hydrogen-bond acceptors (Lipinski definition) is 2. The molecule has 1 saturated carbocycles. The van der Waals surface area contributed by atoms with Crippen molar-refractivity contribution in [3.05, 3.63) is 0 Å². The minimum Gasteiger partial charge on any atom is -0.298 e. The molecule has 2 saturated heterocycles. The van der Waals surface area contributed by atoms with Gasteiger partial charge in [-0.05, 0) is 44.6 Å². The molecule has 98 valence electrons. The molecule has 3 unspecified atom stereocenters. The van der Waals surface area contributed by atoms with Crippen molar-refractivity contribution in [2.45, 2.75) is 71.0 Å². The Kier molecular flexibility index (Phi) is 2.99. The van der Waals surface area contributed by atoms with Crippen LogP contribution in [-0.4, -0.2) is 47.6 Å². The van der Waals surface area contributed by atoms with Crippen molar-refractivity contribution in [3.63, 3.8) is 0 Å². The van der Waals surface area contributed by atoms with Crippen molar-refractivity contribution < 1.29 is 0 Å². The van der Waals surface area contributed by atoms with E-state index in [0.29, 0.717) is 5.41 Å². The van der Waals surface area contributed by atoms with Crippen LogP contribution in [0.2, 0.25) is 0 Å². The maximum Gasteiger partial charge on any atom is 0.0224 e. The van der Waals surface area contributed by atoms with Crippen molar-refractivity contribution in [1.29, 1.82) is 0 Å². The van der Waals surface area contributed by atoms with E-state index in [1.807, 2.05) is 0 Å². The molecule has 0 spiro atoms. The lowest BCUT2D eigenvalue weighted by Crippen LogP contribution is -2.59. The molecule has 0 aromatic rings. The third kappa shape index (κ3) is 2.04. The standard InChI is InChI=1S/C15H28N2/c1-12-10-16-9-5-6-13(16)11-17(12)14-7-4-8-15(14,2)3/h12-14H,4-11H2,1-3H3. The van der Waals surface area contributed by atoms with Gasteiger partial charge in [0.25, 0.3) is 0 Å². The van der Waals surface area contributed by atoms with Gasteiger partial charge in [0.15, 0.2) is 0 Å².